The lowest BCUT2D eigenvalue weighted by atomic mass is 10.2. The smallest absolute Gasteiger partial charge is 0.294 e. The summed E-state index contributed by atoms with van der Waals surface area (Å²) in [5.74, 6) is 0. The van der Waals surface area contributed by atoms with Gasteiger partial charge in [0, 0.05) is 62.0 Å². The van der Waals surface area contributed by atoms with Crippen molar-refractivity contribution < 1.29 is 51.9 Å². The van der Waals surface area contributed by atoms with Crippen molar-refractivity contribution in [3.63, 3.8) is 0 Å². The Labute approximate surface area is 290 Å². The molecule has 0 bridgehead atoms. The molecule has 0 unspecified atom stereocenters. The Morgan fingerprint density at radius 1 is 0.380 bits per heavy atom. The van der Waals surface area contributed by atoms with Gasteiger partial charge in [-0.1, -0.05) is 0 Å². The first-order valence-electron chi connectivity index (χ1n) is 14.6. The Hall–Kier alpha value is -4.28. The zero-order valence-electron chi connectivity index (χ0n) is 26.1. The van der Waals surface area contributed by atoms with Gasteiger partial charge in [0.15, 0.2) is 0 Å². The molecular weight excluding hydrogens is 737 g/mol. The van der Waals surface area contributed by atoms with Gasteiger partial charge in [0.2, 0.25) is 0 Å². The number of rotatable bonds is 17. The summed E-state index contributed by atoms with van der Waals surface area (Å²) in [4.78, 5) is 2.70. The molecule has 0 fully saturated rings. The lowest BCUT2D eigenvalue weighted by Gasteiger charge is -2.31. The second-order valence-corrected chi connectivity index (χ2v) is 16.5. The summed E-state index contributed by atoms with van der Waals surface area (Å²) in [6, 6.07) is 22.0. The monoisotopic (exact) mass is 770 g/mol. The lowest BCUT2D eigenvalue weighted by molar-refractivity contribution is 0.481. The number of benzene rings is 4. The molecule has 16 nitrogen and oxygen atoms in total. The van der Waals surface area contributed by atoms with Crippen LogP contribution in [-0.2, 0) is 40.5 Å². The van der Waals surface area contributed by atoms with Crippen LogP contribution in [-0.4, -0.2) is 91.2 Å². The maximum atomic E-state index is 11.6. The first-order valence-corrected chi connectivity index (χ1v) is 20.3. The van der Waals surface area contributed by atoms with E-state index >= 15 is 0 Å². The highest BCUT2D eigenvalue weighted by Gasteiger charge is 2.16. The second-order valence-electron chi connectivity index (χ2n) is 10.8. The molecule has 0 aliphatic heterocycles. The normalized spacial score (nSPS) is 12.3. The van der Waals surface area contributed by atoms with Crippen LogP contribution < -0.4 is 20.4 Å². The van der Waals surface area contributed by atoms with Crippen molar-refractivity contribution in [2.75, 3.05) is 59.7 Å². The van der Waals surface area contributed by atoms with Gasteiger partial charge in [0.1, 0.15) is 0 Å². The molecular formula is C30H34N4O12S4. The van der Waals surface area contributed by atoms with Gasteiger partial charge >= 0.3 is 0 Å². The zero-order chi connectivity index (χ0) is 36.7. The molecule has 0 aromatic heterocycles. The van der Waals surface area contributed by atoms with Gasteiger partial charge < -0.3 is 20.4 Å². The van der Waals surface area contributed by atoms with Gasteiger partial charge in [-0.2, -0.15) is 33.7 Å². The average Bonchev–Trinajstić information content (AvgIpc) is 3.04. The van der Waals surface area contributed by atoms with Gasteiger partial charge in [0.25, 0.3) is 40.5 Å². The molecule has 6 N–H and O–H groups in total. The summed E-state index contributed by atoms with van der Waals surface area (Å²) < 4.78 is 129. The first kappa shape index (κ1) is 38.5. The maximum Gasteiger partial charge on any atom is 0.294 e. The van der Waals surface area contributed by atoms with Crippen molar-refractivity contribution in [1.82, 2.24) is 0 Å². The van der Waals surface area contributed by atoms with Crippen LogP contribution in [0.25, 0.3) is 0 Å². The van der Waals surface area contributed by atoms with Crippen LogP contribution in [0.1, 0.15) is 0 Å². The fourth-order valence-electron chi connectivity index (χ4n) is 4.80. The molecule has 0 spiro atoms. The number of hydrogen-bond donors (Lipinski definition) is 6. The number of hydrogen-bond acceptors (Lipinski definition) is 12. The first-order chi connectivity index (χ1) is 23.3. The molecule has 0 radical (unpaired) electrons. The molecule has 0 saturated heterocycles. The molecule has 20 heteroatoms. The van der Waals surface area contributed by atoms with Gasteiger partial charge in [-0.25, -0.2) is 0 Å². The molecule has 4 rings (SSSR count). The fourth-order valence-corrected chi connectivity index (χ4v) is 6.72. The van der Waals surface area contributed by atoms with Crippen LogP contribution in [0.3, 0.4) is 0 Å². The minimum atomic E-state index is -4.44. The van der Waals surface area contributed by atoms with Crippen LogP contribution >= 0.6 is 0 Å². The zero-order valence-corrected chi connectivity index (χ0v) is 29.3. The predicted octanol–water partition coefficient (Wildman–Crippen LogP) is 3.21. The van der Waals surface area contributed by atoms with Crippen molar-refractivity contribution in [3.8, 4) is 0 Å². The topological polar surface area (TPSA) is 248 Å². The maximum absolute atomic E-state index is 11.6. The predicted molar refractivity (Wildman–Crippen MR) is 186 cm³/mol. The van der Waals surface area contributed by atoms with Gasteiger partial charge in [0.05, 0.1) is 19.6 Å². The van der Waals surface area contributed by atoms with Crippen molar-refractivity contribution in [1.29, 1.82) is 0 Å². The highest BCUT2D eigenvalue weighted by molar-refractivity contribution is 7.86. The lowest BCUT2D eigenvalue weighted by Crippen LogP contribution is -2.39. The Morgan fingerprint density at radius 2 is 0.620 bits per heavy atom. The Kier molecular flexibility index (Phi) is 12.1. The Morgan fingerprint density at radius 3 is 0.860 bits per heavy atom. The summed E-state index contributed by atoms with van der Waals surface area (Å²) in [7, 11) is -17.6. The van der Waals surface area contributed by atoms with Crippen LogP contribution in [0, 0.1) is 0 Å². The van der Waals surface area contributed by atoms with E-state index in [2.05, 4.69) is 10.6 Å². The Balaban J connectivity index is 1.53. The van der Waals surface area contributed by atoms with Gasteiger partial charge in [-0.15, -0.1) is 0 Å². The van der Waals surface area contributed by atoms with E-state index in [4.69, 9.17) is 0 Å². The third-order valence-electron chi connectivity index (χ3n) is 7.37. The molecule has 0 aliphatic carbocycles. The standard InChI is InChI=1S/C30H34N4O12S4/c35-47(36,37)27-9-1-23(2-10-27)31-17-19-33(25-5-13-29(14-6-25)49(41,42)43)21-22-34(26-7-15-30(16-8-26)50(44,45)46)20-18-32-24-3-11-28(12-4-24)48(38,39)40/h1-16,31-32H,17-22H2,(H,35,36,37)(H,38,39,40)(H,41,42,43)(H,44,45,46). The largest absolute Gasteiger partial charge is 0.383 e. The van der Waals surface area contributed by atoms with E-state index in [1.165, 1.54) is 97.1 Å². The highest BCUT2D eigenvalue weighted by Crippen LogP contribution is 2.22. The van der Waals surface area contributed by atoms with Crippen LogP contribution in [0.4, 0.5) is 22.7 Å². The molecule has 50 heavy (non-hydrogen) atoms. The van der Waals surface area contributed by atoms with E-state index in [1.54, 1.807) is 0 Å². The number of anilines is 4. The van der Waals surface area contributed by atoms with E-state index in [0.717, 1.165) is 0 Å². The summed E-state index contributed by atoms with van der Waals surface area (Å²) in [6.45, 7) is 2.01. The molecule has 0 amide bonds. The SMILES string of the molecule is O=S(=O)(O)c1ccc(NCCN(CCN(CCNc2ccc(S(=O)(=O)O)cc2)c2ccc(S(=O)(=O)O)cc2)c2ccc(S(=O)(=O)O)cc2)cc1. The molecule has 270 valence electrons. The highest BCUT2D eigenvalue weighted by atomic mass is 32.2. The number of nitrogens with zero attached hydrogens (tertiary/aromatic N) is 2. The van der Waals surface area contributed by atoms with E-state index in [9.17, 15) is 51.9 Å². The van der Waals surface area contributed by atoms with Crippen LogP contribution in [0.5, 0.6) is 0 Å². The molecule has 0 saturated carbocycles. The quantitative estimate of drug-likeness (QED) is 0.0844. The van der Waals surface area contributed by atoms with Gasteiger partial charge in [-0.05, 0) is 97.1 Å². The minimum absolute atomic E-state index is 0.266. The fraction of sp³-hybridized carbons (Fsp3) is 0.200. The molecule has 0 atom stereocenters. The molecule has 4 aromatic carbocycles. The molecule has 4 aromatic rings. The van der Waals surface area contributed by atoms with E-state index in [0.29, 0.717) is 62.0 Å². The molecule has 0 aliphatic rings. The van der Waals surface area contributed by atoms with Crippen molar-refractivity contribution in [2.24, 2.45) is 0 Å². The minimum Gasteiger partial charge on any atom is -0.383 e. The third-order valence-corrected chi connectivity index (χ3v) is 10.8. The van der Waals surface area contributed by atoms with Crippen LogP contribution in [0.15, 0.2) is 117 Å². The average molecular weight is 771 g/mol. The summed E-state index contributed by atoms with van der Waals surface area (Å²) in [5, 5.41) is 6.31. The summed E-state index contributed by atoms with van der Waals surface area (Å²) >= 11 is 0. The van der Waals surface area contributed by atoms with Gasteiger partial charge in [-0.3, -0.25) is 18.2 Å². The second kappa shape index (κ2) is 15.7. The Bertz CT molecular complexity index is 2040. The molecule has 0 heterocycles. The van der Waals surface area contributed by atoms with E-state index in [-0.39, 0.29) is 19.6 Å². The summed E-state index contributed by atoms with van der Waals surface area (Å²) in [5.41, 5.74) is 2.32. The number of nitrogens with one attached hydrogen (secondary N) is 2. The van der Waals surface area contributed by atoms with Crippen molar-refractivity contribution >= 4 is 63.2 Å². The third kappa shape index (κ3) is 11.1. The van der Waals surface area contributed by atoms with Crippen molar-refractivity contribution in [2.45, 2.75) is 19.6 Å². The van der Waals surface area contributed by atoms with Crippen molar-refractivity contribution in [3.05, 3.63) is 97.1 Å². The van der Waals surface area contributed by atoms with E-state index < -0.39 is 40.5 Å². The van der Waals surface area contributed by atoms with E-state index in [1.807, 2.05) is 9.80 Å². The summed E-state index contributed by atoms with van der Waals surface area (Å²) in [6.07, 6.45) is 0. The van der Waals surface area contributed by atoms with Crippen LogP contribution in [0.2, 0.25) is 0 Å².